The summed E-state index contributed by atoms with van der Waals surface area (Å²) in [6, 6.07) is 12.2. The van der Waals surface area contributed by atoms with Gasteiger partial charge in [0.2, 0.25) is 0 Å². The summed E-state index contributed by atoms with van der Waals surface area (Å²) in [7, 11) is 0. The molecular weight excluding hydrogens is 325 g/mol. The molecule has 1 aliphatic rings. The number of hydrogen-bond donors (Lipinski definition) is 1. The molecule has 4 rings (SSSR count). The Balaban J connectivity index is 0.000000160. The summed E-state index contributed by atoms with van der Waals surface area (Å²) in [5.74, 6) is 0.957. The van der Waals surface area contributed by atoms with E-state index in [1.807, 2.05) is 24.3 Å². The summed E-state index contributed by atoms with van der Waals surface area (Å²) < 4.78 is 14.0. The van der Waals surface area contributed by atoms with E-state index >= 15 is 0 Å². The number of nitrogens with zero attached hydrogens (tertiary/aromatic N) is 4. The molecule has 0 radical (unpaired) electrons. The maximum Gasteiger partial charge on any atom is 0.272 e. The second-order valence-electron chi connectivity index (χ2n) is 5.65. The molecule has 25 heavy (non-hydrogen) atoms. The lowest BCUT2D eigenvalue weighted by atomic mass is 10.3. The van der Waals surface area contributed by atoms with Crippen molar-refractivity contribution < 1.29 is 9.31 Å². The van der Waals surface area contributed by atoms with E-state index in [4.69, 9.17) is 5.73 Å². The zero-order valence-corrected chi connectivity index (χ0v) is 13.2. The minimum absolute atomic E-state index is 0.222. The second-order valence-corrected chi connectivity index (χ2v) is 5.65. The Bertz CT molecular complexity index is 892. The van der Waals surface area contributed by atoms with Crippen molar-refractivity contribution in [2.75, 3.05) is 5.73 Å². The molecule has 1 fully saturated rings. The first-order chi connectivity index (χ1) is 12.0. The normalized spacial score (nSPS) is 13.0. The largest absolute Gasteiger partial charge is 0.399 e. The number of nitro benzene ring substituents is 1. The minimum Gasteiger partial charge on any atom is -0.399 e. The maximum absolute atomic E-state index is 12.2. The monoisotopic (exact) mass is 341 g/mol. The van der Waals surface area contributed by atoms with Crippen LogP contribution in [0.1, 0.15) is 24.6 Å². The predicted molar refractivity (Wildman–Crippen MR) is 90.8 cm³/mol. The van der Waals surface area contributed by atoms with Gasteiger partial charge < -0.3 is 5.73 Å². The Kier molecular flexibility index (Phi) is 4.69. The highest BCUT2D eigenvalue weighted by Gasteiger charge is 2.27. The van der Waals surface area contributed by atoms with E-state index in [0.717, 1.165) is 29.3 Å². The van der Waals surface area contributed by atoms with Crippen LogP contribution in [-0.4, -0.2) is 19.7 Å². The fourth-order valence-electron chi connectivity index (χ4n) is 2.19. The SMILES string of the molecule is Nc1cccc(-n2cnc(C3CC3)n2)c1.O=[N+]([O-])c1cccc(F)c1. The molecule has 3 aromatic rings. The fraction of sp³-hybridized carbons (Fsp3) is 0.176. The van der Waals surface area contributed by atoms with Crippen LogP contribution < -0.4 is 5.73 Å². The number of rotatable bonds is 3. The van der Waals surface area contributed by atoms with Gasteiger partial charge in [0.15, 0.2) is 5.82 Å². The molecule has 0 unspecified atom stereocenters. The average Bonchev–Trinajstić information content (AvgIpc) is 3.32. The van der Waals surface area contributed by atoms with E-state index < -0.39 is 10.7 Å². The van der Waals surface area contributed by atoms with Crippen LogP contribution in [0.2, 0.25) is 0 Å². The van der Waals surface area contributed by atoms with Gasteiger partial charge in [-0.25, -0.2) is 14.1 Å². The zero-order valence-electron chi connectivity index (χ0n) is 13.2. The van der Waals surface area contributed by atoms with E-state index in [9.17, 15) is 14.5 Å². The lowest BCUT2D eigenvalue weighted by molar-refractivity contribution is -0.385. The Hall–Kier alpha value is -3.29. The Morgan fingerprint density at radius 2 is 1.96 bits per heavy atom. The van der Waals surface area contributed by atoms with Crippen LogP contribution in [0, 0.1) is 15.9 Å². The van der Waals surface area contributed by atoms with Crippen LogP contribution in [0.5, 0.6) is 0 Å². The van der Waals surface area contributed by atoms with Gasteiger partial charge in [-0.05, 0) is 37.1 Å². The summed E-state index contributed by atoms with van der Waals surface area (Å²) in [4.78, 5) is 13.7. The molecule has 8 heteroatoms. The third-order valence-electron chi connectivity index (χ3n) is 3.61. The molecule has 0 saturated heterocycles. The van der Waals surface area contributed by atoms with E-state index in [0.29, 0.717) is 5.92 Å². The zero-order chi connectivity index (χ0) is 17.8. The van der Waals surface area contributed by atoms with Crippen LogP contribution in [0.15, 0.2) is 54.9 Å². The molecule has 0 spiro atoms. The molecule has 1 heterocycles. The quantitative estimate of drug-likeness (QED) is 0.447. The summed E-state index contributed by atoms with van der Waals surface area (Å²) in [6.45, 7) is 0. The van der Waals surface area contributed by atoms with Crippen molar-refractivity contribution in [2.24, 2.45) is 0 Å². The summed E-state index contributed by atoms with van der Waals surface area (Å²) in [5.41, 5.74) is 7.20. The molecule has 1 saturated carbocycles. The lowest BCUT2D eigenvalue weighted by Crippen LogP contribution is -1.96. The smallest absolute Gasteiger partial charge is 0.272 e. The number of anilines is 1. The van der Waals surface area contributed by atoms with Crippen molar-refractivity contribution in [3.8, 4) is 5.69 Å². The third-order valence-corrected chi connectivity index (χ3v) is 3.61. The maximum atomic E-state index is 12.2. The van der Waals surface area contributed by atoms with E-state index in [1.54, 1.807) is 11.0 Å². The Labute approximate surface area is 143 Å². The molecule has 0 amide bonds. The first kappa shape index (κ1) is 16.6. The standard InChI is InChI=1S/C11H12N4.C6H4FNO2/c12-9-2-1-3-10(6-9)15-7-13-11(14-15)8-4-5-8;7-5-2-1-3-6(4-5)8(9)10/h1-3,6-8H,4-5,12H2;1-4H. The summed E-state index contributed by atoms with van der Waals surface area (Å²) in [6.07, 6.45) is 4.20. The highest BCUT2D eigenvalue weighted by molar-refractivity contribution is 5.46. The number of nitro groups is 1. The average molecular weight is 341 g/mol. The van der Waals surface area contributed by atoms with Crippen molar-refractivity contribution in [2.45, 2.75) is 18.8 Å². The van der Waals surface area contributed by atoms with Crippen LogP contribution in [0.3, 0.4) is 0 Å². The third kappa shape index (κ3) is 4.37. The molecule has 1 aliphatic carbocycles. The van der Waals surface area contributed by atoms with Gasteiger partial charge in [0.1, 0.15) is 12.1 Å². The van der Waals surface area contributed by atoms with Gasteiger partial charge in [0.05, 0.1) is 16.7 Å². The van der Waals surface area contributed by atoms with Crippen molar-refractivity contribution in [1.29, 1.82) is 0 Å². The number of nitrogen functional groups attached to an aromatic ring is 1. The molecule has 0 aliphatic heterocycles. The lowest BCUT2D eigenvalue weighted by Gasteiger charge is -2.00. The number of hydrogen-bond acceptors (Lipinski definition) is 5. The topological polar surface area (TPSA) is 99.9 Å². The number of nitrogens with two attached hydrogens (primary N) is 1. The van der Waals surface area contributed by atoms with Crippen LogP contribution in [-0.2, 0) is 0 Å². The highest BCUT2D eigenvalue weighted by atomic mass is 19.1. The number of benzene rings is 2. The van der Waals surface area contributed by atoms with Gasteiger partial charge >= 0.3 is 0 Å². The Morgan fingerprint density at radius 1 is 1.20 bits per heavy atom. The van der Waals surface area contributed by atoms with Gasteiger partial charge in [-0.3, -0.25) is 10.1 Å². The first-order valence-electron chi connectivity index (χ1n) is 7.70. The highest BCUT2D eigenvalue weighted by Crippen LogP contribution is 2.37. The summed E-state index contributed by atoms with van der Waals surface area (Å²) in [5, 5.41) is 14.4. The van der Waals surface area contributed by atoms with Gasteiger partial charge in [-0.1, -0.05) is 12.1 Å². The van der Waals surface area contributed by atoms with E-state index in [2.05, 4.69) is 10.1 Å². The molecule has 2 N–H and O–H groups in total. The molecule has 1 aromatic heterocycles. The van der Waals surface area contributed by atoms with E-state index in [-0.39, 0.29) is 5.69 Å². The minimum atomic E-state index is -0.636. The van der Waals surface area contributed by atoms with Gasteiger partial charge in [-0.2, -0.15) is 5.10 Å². The van der Waals surface area contributed by atoms with E-state index in [1.165, 1.54) is 25.0 Å². The number of halogens is 1. The molecular formula is C17H16FN5O2. The predicted octanol–water partition coefficient (Wildman–Crippen LogP) is 3.46. The molecule has 7 nitrogen and oxygen atoms in total. The molecule has 0 bridgehead atoms. The van der Waals surface area contributed by atoms with Crippen molar-refractivity contribution in [1.82, 2.24) is 14.8 Å². The van der Waals surface area contributed by atoms with Gasteiger partial charge in [0.25, 0.3) is 5.69 Å². The number of aromatic nitrogens is 3. The van der Waals surface area contributed by atoms with Crippen LogP contribution >= 0.6 is 0 Å². The fourth-order valence-corrected chi connectivity index (χ4v) is 2.19. The van der Waals surface area contributed by atoms with Crippen molar-refractivity contribution >= 4 is 11.4 Å². The van der Waals surface area contributed by atoms with Crippen molar-refractivity contribution in [3.05, 3.63) is 76.6 Å². The van der Waals surface area contributed by atoms with Gasteiger partial charge in [-0.15, -0.1) is 0 Å². The Morgan fingerprint density at radius 3 is 2.56 bits per heavy atom. The molecule has 128 valence electrons. The van der Waals surface area contributed by atoms with Crippen molar-refractivity contribution in [3.63, 3.8) is 0 Å². The van der Waals surface area contributed by atoms with Crippen LogP contribution in [0.4, 0.5) is 15.8 Å². The number of non-ortho nitro benzene ring substituents is 1. The van der Waals surface area contributed by atoms with Gasteiger partial charge in [0, 0.05) is 17.7 Å². The molecule has 2 aromatic carbocycles. The first-order valence-corrected chi connectivity index (χ1v) is 7.70. The summed E-state index contributed by atoms with van der Waals surface area (Å²) >= 11 is 0. The molecule has 0 atom stereocenters. The van der Waals surface area contributed by atoms with Crippen LogP contribution in [0.25, 0.3) is 5.69 Å². The second kappa shape index (κ2) is 7.08.